The fourth-order valence-corrected chi connectivity index (χ4v) is 6.33. The van der Waals surface area contributed by atoms with E-state index >= 15 is 0 Å². The summed E-state index contributed by atoms with van der Waals surface area (Å²) in [6, 6.07) is 14.4. The van der Waals surface area contributed by atoms with Gasteiger partial charge in [-0.2, -0.15) is 0 Å². The average Bonchev–Trinajstić information content (AvgIpc) is 2.71. The first-order chi connectivity index (χ1) is 13.6. The maximum Gasteiger partial charge on any atom is 0.234 e. The molecule has 0 aliphatic heterocycles. The number of anilines is 1. The highest BCUT2D eigenvalue weighted by Crippen LogP contribution is 2.39. The molecule has 0 aromatic heterocycles. The lowest BCUT2D eigenvalue weighted by molar-refractivity contribution is -0.113. The molecule has 1 aliphatic rings. The number of para-hydroxylation sites is 1. The van der Waals surface area contributed by atoms with Gasteiger partial charge in [0.15, 0.2) is 0 Å². The van der Waals surface area contributed by atoms with Gasteiger partial charge in [-0.3, -0.25) is 4.79 Å². The summed E-state index contributed by atoms with van der Waals surface area (Å²) in [5.74, 6) is 1.50. The molecule has 0 unspecified atom stereocenters. The van der Waals surface area contributed by atoms with Gasteiger partial charge >= 0.3 is 0 Å². The number of benzene rings is 2. The number of ether oxygens (including phenoxy) is 1. The first kappa shape index (κ1) is 21.1. The van der Waals surface area contributed by atoms with Gasteiger partial charge in [0.05, 0.1) is 12.9 Å². The summed E-state index contributed by atoms with van der Waals surface area (Å²) >= 11 is 3.76. The third-order valence-electron chi connectivity index (χ3n) is 5.16. The second kappa shape index (κ2) is 10.3. The quantitative estimate of drug-likeness (QED) is 0.594. The first-order valence-corrected chi connectivity index (χ1v) is 11.8. The van der Waals surface area contributed by atoms with Crippen molar-refractivity contribution in [3.63, 3.8) is 0 Å². The van der Waals surface area contributed by atoms with Gasteiger partial charge in [-0.25, -0.2) is 0 Å². The van der Waals surface area contributed by atoms with E-state index in [0.717, 1.165) is 22.6 Å². The van der Waals surface area contributed by atoms with Gasteiger partial charge < -0.3 is 10.1 Å². The minimum absolute atomic E-state index is 0.0983. The van der Waals surface area contributed by atoms with Crippen LogP contribution in [0.2, 0.25) is 0 Å². The highest BCUT2D eigenvalue weighted by molar-refractivity contribution is 8.04. The Morgan fingerprint density at radius 2 is 1.68 bits per heavy atom. The molecule has 0 saturated heterocycles. The Morgan fingerprint density at radius 1 is 1.04 bits per heavy atom. The van der Waals surface area contributed by atoms with Gasteiger partial charge in [0.2, 0.25) is 5.91 Å². The van der Waals surface area contributed by atoms with E-state index in [-0.39, 0.29) is 5.91 Å². The largest absolute Gasteiger partial charge is 0.497 e. The predicted octanol–water partition coefficient (Wildman–Crippen LogP) is 6.09. The molecule has 5 heteroatoms. The zero-order valence-corrected chi connectivity index (χ0v) is 18.5. The number of methoxy groups -OCH3 is 1. The summed E-state index contributed by atoms with van der Waals surface area (Å²) in [7, 11) is 1.69. The third-order valence-corrected chi connectivity index (χ3v) is 8.17. The number of carbonyl (C=O) groups is 1. The second-order valence-electron chi connectivity index (χ2n) is 7.28. The molecule has 0 spiro atoms. The summed E-state index contributed by atoms with van der Waals surface area (Å²) in [5, 5.41) is 4.19. The molecule has 1 aliphatic carbocycles. The Morgan fingerprint density at radius 3 is 2.32 bits per heavy atom. The monoisotopic (exact) mass is 415 g/mol. The predicted molar refractivity (Wildman–Crippen MR) is 122 cm³/mol. The molecule has 28 heavy (non-hydrogen) atoms. The van der Waals surface area contributed by atoms with Gasteiger partial charge in [-0.15, -0.1) is 23.5 Å². The molecular formula is C23H29NO2S2. The maximum absolute atomic E-state index is 12.5. The van der Waals surface area contributed by atoms with Crippen molar-refractivity contribution in [2.45, 2.75) is 54.9 Å². The number of aryl methyl sites for hydroxylation is 2. The molecule has 3 nitrogen and oxygen atoms in total. The highest BCUT2D eigenvalue weighted by Gasteiger charge is 2.27. The van der Waals surface area contributed by atoms with Crippen molar-refractivity contribution in [3.8, 4) is 5.75 Å². The normalized spacial score (nSPS) is 19.2. The van der Waals surface area contributed by atoms with Crippen LogP contribution in [0.1, 0.15) is 36.8 Å². The summed E-state index contributed by atoms with van der Waals surface area (Å²) in [6.07, 6.45) is 4.94. The van der Waals surface area contributed by atoms with Crippen molar-refractivity contribution in [2.75, 3.05) is 18.2 Å². The third kappa shape index (κ3) is 5.71. The van der Waals surface area contributed by atoms with Crippen LogP contribution in [0.3, 0.4) is 0 Å². The minimum Gasteiger partial charge on any atom is -0.497 e. The number of hydrogen-bond acceptors (Lipinski definition) is 4. The molecule has 2 atom stereocenters. The Labute approximate surface area is 177 Å². The topological polar surface area (TPSA) is 38.3 Å². The van der Waals surface area contributed by atoms with E-state index in [1.54, 1.807) is 7.11 Å². The molecule has 2 aromatic carbocycles. The van der Waals surface area contributed by atoms with E-state index in [2.05, 4.69) is 17.4 Å². The van der Waals surface area contributed by atoms with E-state index in [9.17, 15) is 4.79 Å². The highest BCUT2D eigenvalue weighted by atomic mass is 32.2. The Kier molecular flexibility index (Phi) is 7.74. The average molecular weight is 416 g/mol. The number of amides is 1. The first-order valence-electron chi connectivity index (χ1n) is 9.85. The number of nitrogens with one attached hydrogen (secondary N) is 1. The summed E-state index contributed by atoms with van der Waals surface area (Å²) < 4.78 is 5.25. The fraction of sp³-hybridized carbons (Fsp3) is 0.435. The van der Waals surface area contributed by atoms with Crippen LogP contribution in [0, 0.1) is 13.8 Å². The number of thioether (sulfide) groups is 2. The van der Waals surface area contributed by atoms with Gasteiger partial charge in [0.1, 0.15) is 5.75 Å². The molecule has 0 heterocycles. The van der Waals surface area contributed by atoms with Gasteiger partial charge in [-0.05, 0) is 62.1 Å². The molecule has 3 rings (SSSR count). The lowest BCUT2D eigenvalue weighted by Crippen LogP contribution is -2.27. The van der Waals surface area contributed by atoms with Crippen molar-refractivity contribution in [1.29, 1.82) is 0 Å². The summed E-state index contributed by atoms with van der Waals surface area (Å²) in [6.45, 7) is 4.08. The minimum atomic E-state index is 0.0983. The summed E-state index contributed by atoms with van der Waals surface area (Å²) in [5.41, 5.74) is 3.19. The van der Waals surface area contributed by atoms with Crippen molar-refractivity contribution >= 4 is 35.1 Å². The number of carbonyl (C=O) groups excluding carboxylic acids is 1. The SMILES string of the molecule is COc1ccc(S[C@@H]2CCCC[C@H]2SCC(=O)Nc2c(C)cccc2C)cc1. The van der Waals surface area contributed by atoms with Crippen LogP contribution in [0.15, 0.2) is 47.4 Å². The molecule has 1 N–H and O–H groups in total. The lowest BCUT2D eigenvalue weighted by Gasteiger charge is -2.30. The Balaban J connectivity index is 1.55. The van der Waals surface area contributed by atoms with Gasteiger partial charge in [-0.1, -0.05) is 31.0 Å². The van der Waals surface area contributed by atoms with Crippen molar-refractivity contribution in [1.82, 2.24) is 0 Å². The van der Waals surface area contributed by atoms with Crippen molar-refractivity contribution in [2.24, 2.45) is 0 Å². The van der Waals surface area contributed by atoms with E-state index in [4.69, 9.17) is 4.74 Å². The van der Waals surface area contributed by atoms with Crippen molar-refractivity contribution < 1.29 is 9.53 Å². The fourth-order valence-electron chi connectivity index (χ4n) is 3.59. The van der Waals surface area contributed by atoms with E-state index in [1.807, 2.05) is 67.7 Å². The van der Waals surface area contributed by atoms with E-state index < -0.39 is 0 Å². The molecule has 0 radical (unpaired) electrons. The van der Waals surface area contributed by atoms with Crippen LogP contribution in [-0.2, 0) is 4.79 Å². The molecule has 1 fully saturated rings. The van der Waals surface area contributed by atoms with Gasteiger partial charge in [0, 0.05) is 21.1 Å². The standard InChI is InChI=1S/C23H29NO2S2/c1-16-7-6-8-17(2)23(16)24-22(25)15-27-20-9-4-5-10-21(20)28-19-13-11-18(26-3)12-14-19/h6-8,11-14,20-21H,4-5,9-10,15H2,1-3H3,(H,24,25)/t20-,21-/m1/s1. The Hall–Kier alpha value is -1.59. The van der Waals surface area contributed by atoms with Crippen LogP contribution in [-0.4, -0.2) is 29.3 Å². The zero-order valence-electron chi connectivity index (χ0n) is 16.9. The second-order valence-corrected chi connectivity index (χ2v) is 9.82. The number of rotatable bonds is 7. The molecule has 1 saturated carbocycles. The van der Waals surface area contributed by atoms with Crippen LogP contribution < -0.4 is 10.1 Å². The molecular weight excluding hydrogens is 386 g/mol. The van der Waals surface area contributed by atoms with Crippen LogP contribution in [0.25, 0.3) is 0 Å². The zero-order chi connectivity index (χ0) is 19.9. The van der Waals surface area contributed by atoms with E-state index in [0.29, 0.717) is 16.3 Å². The summed E-state index contributed by atoms with van der Waals surface area (Å²) in [4.78, 5) is 13.8. The molecule has 150 valence electrons. The lowest BCUT2D eigenvalue weighted by atomic mass is 10.00. The van der Waals surface area contributed by atoms with Gasteiger partial charge in [0.25, 0.3) is 0 Å². The smallest absolute Gasteiger partial charge is 0.234 e. The van der Waals surface area contributed by atoms with Crippen LogP contribution in [0.4, 0.5) is 5.69 Å². The van der Waals surface area contributed by atoms with Crippen LogP contribution >= 0.6 is 23.5 Å². The maximum atomic E-state index is 12.5. The van der Waals surface area contributed by atoms with Crippen molar-refractivity contribution in [3.05, 3.63) is 53.6 Å². The van der Waals surface area contributed by atoms with Crippen LogP contribution in [0.5, 0.6) is 5.75 Å². The van der Waals surface area contributed by atoms with E-state index in [1.165, 1.54) is 30.6 Å². The Bertz CT molecular complexity index is 771. The number of hydrogen-bond donors (Lipinski definition) is 1. The molecule has 2 aromatic rings. The molecule has 1 amide bonds. The molecule has 0 bridgehead atoms.